The summed E-state index contributed by atoms with van der Waals surface area (Å²) in [4.78, 5) is 14.0. The maximum Gasteiger partial charge on any atom is 0.387 e. The van der Waals surface area contributed by atoms with E-state index in [0.717, 1.165) is 19.3 Å². The maximum atomic E-state index is 12.5. The van der Waals surface area contributed by atoms with E-state index < -0.39 is 6.61 Å². The fraction of sp³-hybridized carbons (Fsp3) is 0.562. The molecule has 23 heavy (non-hydrogen) atoms. The average Bonchev–Trinajstić information content (AvgIpc) is 3.18. The SMILES string of the molecule is O=C(N[C@H]1CCN(c2ccccc2OC(F)F)C1)[C@H]1CCCO1. The molecule has 126 valence electrons. The maximum absolute atomic E-state index is 12.5. The van der Waals surface area contributed by atoms with Gasteiger partial charge in [0.25, 0.3) is 0 Å². The van der Waals surface area contributed by atoms with E-state index in [1.165, 1.54) is 6.07 Å². The van der Waals surface area contributed by atoms with Crippen molar-refractivity contribution >= 4 is 11.6 Å². The highest BCUT2D eigenvalue weighted by Gasteiger charge is 2.30. The molecule has 0 bridgehead atoms. The number of para-hydroxylation sites is 2. The molecule has 3 rings (SSSR count). The molecule has 1 amide bonds. The van der Waals surface area contributed by atoms with Crippen molar-refractivity contribution in [2.24, 2.45) is 0 Å². The van der Waals surface area contributed by atoms with E-state index in [1.54, 1.807) is 18.2 Å². The van der Waals surface area contributed by atoms with Crippen LogP contribution in [0.25, 0.3) is 0 Å². The Morgan fingerprint density at radius 3 is 2.91 bits per heavy atom. The number of carbonyl (C=O) groups excluding carboxylic acids is 1. The van der Waals surface area contributed by atoms with Gasteiger partial charge in [0.2, 0.25) is 5.91 Å². The summed E-state index contributed by atoms with van der Waals surface area (Å²) in [5, 5.41) is 2.99. The molecule has 0 saturated carbocycles. The summed E-state index contributed by atoms with van der Waals surface area (Å²) in [5.41, 5.74) is 0.627. The molecule has 2 heterocycles. The normalized spacial score (nSPS) is 24.2. The van der Waals surface area contributed by atoms with Gasteiger partial charge < -0.3 is 19.7 Å². The molecule has 0 radical (unpaired) electrons. The van der Waals surface area contributed by atoms with Gasteiger partial charge in [-0.25, -0.2) is 0 Å². The Hall–Kier alpha value is -1.89. The Labute approximate surface area is 133 Å². The van der Waals surface area contributed by atoms with Crippen molar-refractivity contribution < 1.29 is 23.0 Å². The Kier molecular flexibility index (Phi) is 4.95. The molecule has 0 spiro atoms. The van der Waals surface area contributed by atoms with Crippen molar-refractivity contribution in [1.29, 1.82) is 0 Å². The summed E-state index contributed by atoms with van der Waals surface area (Å²) in [6.07, 6.45) is 2.08. The van der Waals surface area contributed by atoms with Crippen molar-refractivity contribution in [3.8, 4) is 5.75 Å². The molecule has 1 aromatic carbocycles. The Morgan fingerprint density at radius 2 is 2.17 bits per heavy atom. The highest BCUT2D eigenvalue weighted by Crippen LogP contribution is 2.31. The van der Waals surface area contributed by atoms with E-state index >= 15 is 0 Å². The Balaban J connectivity index is 1.60. The van der Waals surface area contributed by atoms with Crippen LogP contribution in [-0.4, -0.2) is 44.4 Å². The average molecular weight is 326 g/mol. The second kappa shape index (κ2) is 7.12. The molecule has 2 saturated heterocycles. The number of hydrogen-bond acceptors (Lipinski definition) is 4. The van der Waals surface area contributed by atoms with Crippen molar-refractivity contribution in [2.45, 2.75) is 38.0 Å². The molecule has 0 aliphatic carbocycles. The second-order valence-corrected chi connectivity index (χ2v) is 5.79. The van der Waals surface area contributed by atoms with Gasteiger partial charge in [0.1, 0.15) is 11.9 Å². The number of benzene rings is 1. The molecule has 2 atom stereocenters. The summed E-state index contributed by atoms with van der Waals surface area (Å²) >= 11 is 0. The second-order valence-electron chi connectivity index (χ2n) is 5.79. The van der Waals surface area contributed by atoms with Gasteiger partial charge in [-0.15, -0.1) is 0 Å². The van der Waals surface area contributed by atoms with Crippen LogP contribution in [0.4, 0.5) is 14.5 Å². The standard InChI is InChI=1S/C16H20F2N2O3/c17-16(18)23-13-5-2-1-4-12(13)20-8-7-11(10-20)19-15(21)14-6-3-9-22-14/h1-2,4-5,11,14,16H,3,6-10H2,(H,19,21)/t11-,14+/m0/s1. The number of amides is 1. The Bertz CT molecular complexity index is 550. The Morgan fingerprint density at radius 1 is 1.35 bits per heavy atom. The topological polar surface area (TPSA) is 50.8 Å². The van der Waals surface area contributed by atoms with Crippen LogP contribution in [0.1, 0.15) is 19.3 Å². The van der Waals surface area contributed by atoms with E-state index in [4.69, 9.17) is 4.74 Å². The summed E-state index contributed by atoms with van der Waals surface area (Å²) in [6.45, 7) is -0.969. The number of anilines is 1. The number of alkyl halides is 2. The quantitative estimate of drug-likeness (QED) is 0.901. The van der Waals surface area contributed by atoms with Crippen LogP contribution in [0, 0.1) is 0 Å². The van der Waals surface area contributed by atoms with Crippen LogP contribution < -0.4 is 15.0 Å². The molecular weight excluding hydrogens is 306 g/mol. The predicted molar refractivity (Wildman–Crippen MR) is 80.8 cm³/mol. The molecule has 1 N–H and O–H groups in total. The minimum Gasteiger partial charge on any atom is -0.433 e. The van der Waals surface area contributed by atoms with Crippen LogP contribution in [0.5, 0.6) is 5.75 Å². The van der Waals surface area contributed by atoms with Gasteiger partial charge in [0.15, 0.2) is 0 Å². The fourth-order valence-corrected chi connectivity index (χ4v) is 3.09. The zero-order chi connectivity index (χ0) is 16.2. The first kappa shape index (κ1) is 16.0. The number of ether oxygens (including phenoxy) is 2. The molecular formula is C16H20F2N2O3. The zero-order valence-electron chi connectivity index (χ0n) is 12.7. The zero-order valence-corrected chi connectivity index (χ0v) is 12.7. The van der Waals surface area contributed by atoms with Gasteiger partial charge in [-0.3, -0.25) is 4.79 Å². The minimum absolute atomic E-state index is 0.00805. The number of nitrogens with zero attached hydrogens (tertiary/aromatic N) is 1. The number of halogens is 2. The van der Waals surface area contributed by atoms with Crippen LogP contribution in [0.15, 0.2) is 24.3 Å². The van der Waals surface area contributed by atoms with Crippen molar-refractivity contribution in [3.05, 3.63) is 24.3 Å². The van der Waals surface area contributed by atoms with Crippen LogP contribution in [0.3, 0.4) is 0 Å². The molecule has 2 fully saturated rings. The lowest BCUT2D eigenvalue weighted by Crippen LogP contribution is -2.42. The molecule has 0 unspecified atom stereocenters. The van der Waals surface area contributed by atoms with Gasteiger partial charge in [0.05, 0.1) is 5.69 Å². The van der Waals surface area contributed by atoms with E-state index in [9.17, 15) is 13.6 Å². The van der Waals surface area contributed by atoms with E-state index in [1.807, 2.05) is 4.90 Å². The van der Waals surface area contributed by atoms with E-state index in [2.05, 4.69) is 10.1 Å². The number of carbonyl (C=O) groups is 1. The summed E-state index contributed by atoms with van der Waals surface area (Å²) in [7, 11) is 0. The lowest BCUT2D eigenvalue weighted by Gasteiger charge is -2.22. The van der Waals surface area contributed by atoms with Crippen molar-refractivity contribution in [2.75, 3.05) is 24.6 Å². The summed E-state index contributed by atoms with van der Waals surface area (Å²) < 4.78 is 34.9. The lowest BCUT2D eigenvalue weighted by atomic mass is 10.2. The molecule has 1 aromatic rings. The van der Waals surface area contributed by atoms with Gasteiger partial charge in [-0.2, -0.15) is 8.78 Å². The fourth-order valence-electron chi connectivity index (χ4n) is 3.09. The molecule has 5 nitrogen and oxygen atoms in total. The molecule has 0 aromatic heterocycles. The van der Waals surface area contributed by atoms with E-state index in [-0.39, 0.29) is 23.8 Å². The van der Waals surface area contributed by atoms with Crippen LogP contribution in [-0.2, 0) is 9.53 Å². The highest BCUT2D eigenvalue weighted by molar-refractivity contribution is 5.81. The number of nitrogens with one attached hydrogen (secondary N) is 1. The smallest absolute Gasteiger partial charge is 0.387 e. The van der Waals surface area contributed by atoms with Crippen LogP contribution in [0.2, 0.25) is 0 Å². The van der Waals surface area contributed by atoms with Crippen LogP contribution >= 0.6 is 0 Å². The first-order chi connectivity index (χ1) is 11.1. The molecule has 2 aliphatic rings. The molecule has 7 heteroatoms. The van der Waals surface area contributed by atoms with Crippen molar-refractivity contribution in [1.82, 2.24) is 5.32 Å². The summed E-state index contributed by atoms with van der Waals surface area (Å²) in [5.74, 6) is 0.0834. The first-order valence-electron chi connectivity index (χ1n) is 7.84. The third kappa shape index (κ3) is 3.90. The van der Waals surface area contributed by atoms with Gasteiger partial charge in [-0.05, 0) is 31.4 Å². The predicted octanol–water partition coefficient (Wildman–Crippen LogP) is 2.16. The lowest BCUT2D eigenvalue weighted by molar-refractivity contribution is -0.130. The van der Waals surface area contributed by atoms with Gasteiger partial charge in [-0.1, -0.05) is 12.1 Å². The van der Waals surface area contributed by atoms with Gasteiger partial charge >= 0.3 is 6.61 Å². The monoisotopic (exact) mass is 326 g/mol. The number of rotatable bonds is 5. The van der Waals surface area contributed by atoms with Crippen molar-refractivity contribution in [3.63, 3.8) is 0 Å². The number of hydrogen-bond donors (Lipinski definition) is 1. The third-order valence-electron chi connectivity index (χ3n) is 4.18. The largest absolute Gasteiger partial charge is 0.433 e. The minimum atomic E-state index is -2.85. The highest BCUT2D eigenvalue weighted by atomic mass is 19.3. The van der Waals surface area contributed by atoms with E-state index in [0.29, 0.717) is 25.4 Å². The first-order valence-corrected chi connectivity index (χ1v) is 7.84. The summed E-state index contributed by atoms with van der Waals surface area (Å²) in [6, 6.07) is 6.72. The van der Waals surface area contributed by atoms with Gasteiger partial charge in [0, 0.05) is 25.7 Å². The molecule has 2 aliphatic heterocycles. The third-order valence-corrected chi connectivity index (χ3v) is 4.18.